The molecule has 7 heteroatoms. The van der Waals surface area contributed by atoms with Gasteiger partial charge in [0, 0.05) is 10.8 Å². The topological polar surface area (TPSA) is 106 Å². The number of carbonyl (C=O) groups is 2. The minimum absolute atomic E-state index is 0.0475. The summed E-state index contributed by atoms with van der Waals surface area (Å²) < 4.78 is 0. The van der Waals surface area contributed by atoms with E-state index >= 15 is 0 Å². The van der Waals surface area contributed by atoms with E-state index in [1.54, 1.807) is 0 Å². The van der Waals surface area contributed by atoms with E-state index in [0.29, 0.717) is 0 Å². The van der Waals surface area contributed by atoms with Crippen LogP contribution in [0.1, 0.15) is 6.42 Å². The van der Waals surface area contributed by atoms with Gasteiger partial charge in [0.05, 0.1) is 6.42 Å². The van der Waals surface area contributed by atoms with E-state index in [0.717, 1.165) is 0 Å². The monoisotopic (exact) mass is 185 g/mol. The van der Waals surface area contributed by atoms with Crippen molar-refractivity contribution >= 4 is 17.9 Å². The van der Waals surface area contributed by atoms with Crippen LogP contribution in [0, 0.1) is 5.41 Å². The first-order valence-electron chi connectivity index (χ1n) is 3.25. The fourth-order valence-electron chi connectivity index (χ4n) is 0.628. The zero-order valence-corrected chi connectivity index (χ0v) is 6.57. The van der Waals surface area contributed by atoms with Crippen LogP contribution >= 0.6 is 0 Å². The fraction of sp³-hybridized carbons (Fsp3) is 0.167. The summed E-state index contributed by atoms with van der Waals surface area (Å²) in [4.78, 5) is 30.5. The molecule has 1 fully saturated rings. The number of hydrogen-bond acceptors (Lipinski definition) is 5. The van der Waals surface area contributed by atoms with Gasteiger partial charge in [-0.1, -0.05) is 6.58 Å². The van der Waals surface area contributed by atoms with Crippen molar-refractivity contribution in [2.24, 2.45) is 5.73 Å². The van der Waals surface area contributed by atoms with E-state index in [1.165, 1.54) is 0 Å². The molecule has 0 amide bonds. The lowest BCUT2D eigenvalue weighted by atomic mass is 10.2. The molecule has 0 unspecified atom stereocenters. The molecule has 0 aliphatic carbocycles. The van der Waals surface area contributed by atoms with Crippen LogP contribution in [0.4, 0.5) is 0 Å². The highest BCUT2D eigenvalue weighted by atomic mass is 17.0. The van der Waals surface area contributed by atoms with Gasteiger partial charge >= 0.3 is 11.9 Å². The third-order valence-electron chi connectivity index (χ3n) is 1.19. The Hall–Kier alpha value is -2.05. The van der Waals surface area contributed by atoms with Crippen LogP contribution in [0.5, 0.6) is 0 Å². The van der Waals surface area contributed by atoms with Crippen molar-refractivity contribution in [3.05, 3.63) is 12.2 Å². The molecule has 0 atom stereocenters. The number of nitrogens with one attached hydrogen (secondary N) is 1. The number of nitrogens with zero attached hydrogens (tertiary/aromatic N) is 1. The first kappa shape index (κ1) is 9.04. The zero-order chi connectivity index (χ0) is 10.0. The van der Waals surface area contributed by atoms with E-state index in [-0.39, 0.29) is 17.2 Å². The van der Waals surface area contributed by atoms with Crippen molar-refractivity contribution in [3.63, 3.8) is 0 Å². The summed E-state index contributed by atoms with van der Waals surface area (Å²) in [6.07, 6.45) is -0.275. The van der Waals surface area contributed by atoms with Crippen molar-refractivity contribution in [2.75, 3.05) is 0 Å². The lowest BCUT2D eigenvalue weighted by molar-refractivity contribution is -0.275. The molecule has 1 heterocycles. The normalized spacial score (nSPS) is 17.5. The second-order valence-electron chi connectivity index (χ2n) is 2.26. The number of nitrogens with two attached hydrogens (primary N) is 1. The van der Waals surface area contributed by atoms with E-state index in [4.69, 9.17) is 11.1 Å². The largest absolute Gasteiger partial charge is 0.365 e. The Morgan fingerprint density at radius 1 is 1.54 bits per heavy atom. The molecule has 1 rings (SSSR count). The van der Waals surface area contributed by atoms with Gasteiger partial charge in [-0.05, 0) is 0 Å². The summed E-state index contributed by atoms with van der Waals surface area (Å²) in [5, 5.41) is 7.09. The summed E-state index contributed by atoms with van der Waals surface area (Å²) in [5.41, 5.74) is 4.88. The van der Waals surface area contributed by atoms with E-state index < -0.39 is 17.9 Å². The molecule has 1 saturated heterocycles. The molecule has 0 aromatic heterocycles. The Bertz CT molecular complexity index is 298. The van der Waals surface area contributed by atoms with Crippen LogP contribution in [-0.4, -0.2) is 23.1 Å². The maximum atomic E-state index is 10.9. The SMILES string of the molecule is C=C1CC(=O)ON(C(=N)N)OC1=O. The first-order chi connectivity index (χ1) is 6.00. The van der Waals surface area contributed by atoms with E-state index in [1.807, 2.05) is 0 Å². The lowest BCUT2D eigenvalue weighted by Crippen LogP contribution is -2.38. The number of rotatable bonds is 0. The van der Waals surface area contributed by atoms with Gasteiger partial charge in [-0.15, -0.1) is 0 Å². The highest BCUT2D eigenvalue weighted by Gasteiger charge is 2.27. The van der Waals surface area contributed by atoms with Gasteiger partial charge in [0.2, 0.25) is 0 Å². The van der Waals surface area contributed by atoms with Crippen molar-refractivity contribution in [2.45, 2.75) is 6.42 Å². The Kier molecular flexibility index (Phi) is 2.18. The minimum Gasteiger partial charge on any atom is -0.365 e. The Balaban J connectivity index is 2.82. The highest BCUT2D eigenvalue weighted by Crippen LogP contribution is 2.10. The summed E-state index contributed by atoms with van der Waals surface area (Å²) in [6.45, 7) is 3.29. The molecule has 0 spiro atoms. The molecule has 0 bridgehead atoms. The smallest absolute Gasteiger partial charge is 0.363 e. The van der Waals surface area contributed by atoms with Gasteiger partial charge in [-0.3, -0.25) is 10.2 Å². The molecule has 0 saturated carbocycles. The Labute approximate surface area is 73.1 Å². The summed E-state index contributed by atoms with van der Waals surface area (Å²) >= 11 is 0. The van der Waals surface area contributed by atoms with Gasteiger partial charge in [0.25, 0.3) is 5.96 Å². The predicted octanol–water partition coefficient (Wildman–Crippen LogP) is -0.942. The number of carbonyl (C=O) groups excluding carboxylic acids is 2. The van der Waals surface area contributed by atoms with Crippen molar-refractivity contribution in [3.8, 4) is 0 Å². The van der Waals surface area contributed by atoms with Gasteiger partial charge in [-0.2, -0.15) is 0 Å². The van der Waals surface area contributed by atoms with Crippen LogP contribution in [0.15, 0.2) is 12.2 Å². The molecule has 70 valence electrons. The molecule has 1 aliphatic rings. The zero-order valence-electron chi connectivity index (χ0n) is 6.57. The molecule has 0 aromatic rings. The second-order valence-corrected chi connectivity index (χ2v) is 2.26. The third kappa shape index (κ3) is 1.95. The van der Waals surface area contributed by atoms with Crippen LogP contribution in [0.3, 0.4) is 0 Å². The number of hydroxylamine groups is 2. The van der Waals surface area contributed by atoms with E-state index in [2.05, 4.69) is 16.3 Å². The molecule has 0 radical (unpaired) electrons. The van der Waals surface area contributed by atoms with Crippen molar-refractivity contribution < 1.29 is 19.3 Å². The van der Waals surface area contributed by atoms with Gasteiger partial charge in [-0.25, -0.2) is 9.59 Å². The quantitative estimate of drug-likeness (QED) is 0.286. The Morgan fingerprint density at radius 2 is 2.15 bits per heavy atom. The summed E-state index contributed by atoms with van der Waals surface area (Å²) in [6, 6.07) is 0. The molecular weight excluding hydrogens is 178 g/mol. The van der Waals surface area contributed by atoms with Crippen LogP contribution < -0.4 is 5.73 Å². The van der Waals surface area contributed by atoms with Gasteiger partial charge < -0.3 is 10.6 Å². The average molecular weight is 185 g/mol. The maximum absolute atomic E-state index is 10.9. The minimum atomic E-state index is -0.846. The second kappa shape index (κ2) is 3.13. The van der Waals surface area contributed by atoms with Gasteiger partial charge in [0.1, 0.15) is 0 Å². The summed E-state index contributed by atoms with van der Waals surface area (Å²) in [5.74, 6) is -2.30. The van der Waals surface area contributed by atoms with E-state index in [9.17, 15) is 9.59 Å². The van der Waals surface area contributed by atoms with Crippen molar-refractivity contribution in [1.82, 2.24) is 5.23 Å². The van der Waals surface area contributed by atoms with Crippen molar-refractivity contribution in [1.29, 1.82) is 5.41 Å². The fourth-order valence-corrected chi connectivity index (χ4v) is 0.628. The number of guanidine groups is 1. The molecular formula is C6H7N3O4. The molecule has 1 aliphatic heterocycles. The maximum Gasteiger partial charge on any atom is 0.363 e. The Morgan fingerprint density at radius 3 is 2.69 bits per heavy atom. The molecule has 7 nitrogen and oxygen atoms in total. The van der Waals surface area contributed by atoms with Gasteiger partial charge in [0.15, 0.2) is 0 Å². The standard InChI is InChI=1S/C6H7N3O4/c1-3-2-4(10)12-9(6(7)8)13-5(3)11/h1-2H2,(H3,7,8). The summed E-state index contributed by atoms with van der Waals surface area (Å²) in [7, 11) is 0. The van der Waals surface area contributed by atoms with Crippen LogP contribution in [0.2, 0.25) is 0 Å². The lowest BCUT2D eigenvalue weighted by Gasteiger charge is -2.14. The predicted molar refractivity (Wildman–Crippen MR) is 39.7 cm³/mol. The molecule has 13 heavy (non-hydrogen) atoms. The highest BCUT2D eigenvalue weighted by molar-refractivity contribution is 5.95. The average Bonchev–Trinajstić information content (AvgIpc) is 2.12. The number of hydrogen-bond donors (Lipinski definition) is 2. The third-order valence-corrected chi connectivity index (χ3v) is 1.19. The molecule has 3 N–H and O–H groups in total. The van der Waals surface area contributed by atoms with Crippen LogP contribution in [-0.2, 0) is 19.3 Å². The van der Waals surface area contributed by atoms with Crippen LogP contribution in [0.25, 0.3) is 0 Å². The molecule has 0 aromatic carbocycles. The first-order valence-corrected chi connectivity index (χ1v) is 3.25.